The molecule has 1 atom stereocenters. The van der Waals surface area contributed by atoms with E-state index < -0.39 is 0 Å². The van der Waals surface area contributed by atoms with Crippen LogP contribution in [0.15, 0.2) is 78.9 Å². The van der Waals surface area contributed by atoms with Crippen LogP contribution in [0.1, 0.15) is 41.9 Å². The van der Waals surface area contributed by atoms with Crippen molar-refractivity contribution in [1.29, 1.82) is 0 Å². The summed E-state index contributed by atoms with van der Waals surface area (Å²) >= 11 is 6.08. The first-order chi connectivity index (χ1) is 14.3. The number of hydrogen-bond acceptors (Lipinski definition) is 2. The van der Waals surface area contributed by atoms with Crippen LogP contribution in [0.2, 0.25) is 5.02 Å². The van der Waals surface area contributed by atoms with Gasteiger partial charge < -0.3 is 10.1 Å². The van der Waals surface area contributed by atoms with E-state index in [4.69, 9.17) is 16.3 Å². The molecule has 1 unspecified atom stereocenters. The lowest BCUT2D eigenvalue weighted by Crippen LogP contribution is -2.23. The Morgan fingerprint density at radius 1 is 0.793 bits per heavy atom. The molecule has 1 N–H and O–H groups in total. The molecule has 0 amide bonds. The smallest absolute Gasteiger partial charge is 0.118 e. The minimum atomic E-state index is 0.341. The van der Waals surface area contributed by atoms with Crippen LogP contribution in [0.25, 0.3) is 0 Å². The van der Waals surface area contributed by atoms with Gasteiger partial charge in [-0.05, 0) is 66.8 Å². The van der Waals surface area contributed by atoms with Crippen LogP contribution in [0.5, 0.6) is 5.75 Å². The summed E-state index contributed by atoms with van der Waals surface area (Å²) in [4.78, 5) is 0. The molecular formula is C26H30ClNO. The molecular weight excluding hydrogens is 378 g/mol. The first-order valence-corrected chi connectivity index (χ1v) is 10.8. The second-order valence-electron chi connectivity index (χ2n) is 7.38. The van der Waals surface area contributed by atoms with E-state index in [1.807, 2.05) is 24.3 Å². The highest BCUT2D eigenvalue weighted by Gasteiger charge is 2.13. The highest BCUT2D eigenvalue weighted by Crippen LogP contribution is 2.25. The lowest BCUT2D eigenvalue weighted by Gasteiger charge is -2.19. The predicted octanol–water partition coefficient (Wildman–Crippen LogP) is 6.48. The second kappa shape index (κ2) is 11.6. The molecule has 2 nitrogen and oxygen atoms in total. The van der Waals surface area contributed by atoms with Gasteiger partial charge in [-0.3, -0.25) is 0 Å². The van der Waals surface area contributed by atoms with Crippen LogP contribution < -0.4 is 10.1 Å². The molecule has 29 heavy (non-hydrogen) atoms. The van der Waals surface area contributed by atoms with Gasteiger partial charge in [0.05, 0.1) is 7.11 Å². The molecule has 0 aliphatic carbocycles. The van der Waals surface area contributed by atoms with Crippen molar-refractivity contribution in [3.8, 4) is 5.75 Å². The van der Waals surface area contributed by atoms with Gasteiger partial charge in [0.25, 0.3) is 0 Å². The van der Waals surface area contributed by atoms with E-state index in [9.17, 15) is 0 Å². The van der Waals surface area contributed by atoms with Crippen molar-refractivity contribution in [1.82, 2.24) is 5.32 Å². The zero-order chi connectivity index (χ0) is 20.3. The average molecular weight is 408 g/mol. The topological polar surface area (TPSA) is 21.3 Å². The predicted molar refractivity (Wildman–Crippen MR) is 123 cm³/mol. The van der Waals surface area contributed by atoms with Crippen molar-refractivity contribution in [2.45, 2.75) is 31.6 Å². The standard InChI is InChI=1S/C26H30ClNO/c1-29-25-17-11-21(12-18-25)8-4-3-7-19-28-20-26(22-9-5-2-6-10-22)23-13-15-24(27)16-14-23/h2,5-6,9-18,26,28H,3-4,7-8,19-20H2,1H3. The minimum absolute atomic E-state index is 0.341. The first kappa shape index (κ1) is 21.4. The fraction of sp³-hybridized carbons (Fsp3) is 0.308. The van der Waals surface area contributed by atoms with Crippen LogP contribution in [-0.4, -0.2) is 20.2 Å². The Kier molecular flexibility index (Phi) is 8.60. The summed E-state index contributed by atoms with van der Waals surface area (Å²) in [5.74, 6) is 1.26. The van der Waals surface area contributed by atoms with E-state index >= 15 is 0 Å². The Morgan fingerprint density at radius 3 is 2.17 bits per heavy atom. The van der Waals surface area contributed by atoms with Crippen LogP contribution >= 0.6 is 11.6 Å². The van der Waals surface area contributed by atoms with E-state index in [1.54, 1.807) is 7.11 Å². The number of aryl methyl sites for hydroxylation is 1. The molecule has 0 aromatic heterocycles. The number of hydrogen-bond donors (Lipinski definition) is 1. The summed E-state index contributed by atoms with van der Waals surface area (Å²) in [6.45, 7) is 1.98. The van der Waals surface area contributed by atoms with Gasteiger partial charge in [-0.25, -0.2) is 0 Å². The molecule has 0 heterocycles. The van der Waals surface area contributed by atoms with Crippen molar-refractivity contribution in [3.63, 3.8) is 0 Å². The Balaban J connectivity index is 1.42. The molecule has 0 aliphatic heterocycles. The molecule has 0 radical (unpaired) electrons. The Bertz CT molecular complexity index is 831. The van der Waals surface area contributed by atoms with E-state index in [2.05, 4.69) is 59.9 Å². The molecule has 3 aromatic rings. The van der Waals surface area contributed by atoms with Crippen molar-refractivity contribution < 1.29 is 4.74 Å². The number of methoxy groups -OCH3 is 1. The second-order valence-corrected chi connectivity index (χ2v) is 7.81. The fourth-order valence-corrected chi connectivity index (χ4v) is 3.73. The summed E-state index contributed by atoms with van der Waals surface area (Å²) in [6.07, 6.45) is 4.77. The molecule has 0 bridgehead atoms. The molecule has 3 rings (SSSR count). The summed E-state index contributed by atoms with van der Waals surface area (Å²) in [5, 5.41) is 4.44. The van der Waals surface area contributed by atoms with Crippen LogP contribution in [-0.2, 0) is 6.42 Å². The van der Waals surface area contributed by atoms with Gasteiger partial charge in [0, 0.05) is 17.5 Å². The number of halogens is 1. The molecule has 0 saturated carbocycles. The lowest BCUT2D eigenvalue weighted by molar-refractivity contribution is 0.414. The monoisotopic (exact) mass is 407 g/mol. The van der Waals surface area contributed by atoms with Gasteiger partial charge in [0.15, 0.2) is 0 Å². The molecule has 3 heteroatoms. The molecule has 0 spiro atoms. The van der Waals surface area contributed by atoms with Crippen molar-refractivity contribution in [2.24, 2.45) is 0 Å². The third kappa shape index (κ3) is 6.92. The van der Waals surface area contributed by atoms with Crippen LogP contribution in [0, 0.1) is 0 Å². The van der Waals surface area contributed by atoms with Crippen LogP contribution in [0.3, 0.4) is 0 Å². The fourth-order valence-electron chi connectivity index (χ4n) is 3.60. The van der Waals surface area contributed by atoms with Crippen molar-refractivity contribution in [2.75, 3.05) is 20.2 Å². The summed E-state index contributed by atoms with van der Waals surface area (Å²) in [7, 11) is 1.71. The maximum absolute atomic E-state index is 6.08. The van der Waals surface area contributed by atoms with Crippen LogP contribution in [0.4, 0.5) is 0 Å². The normalized spacial score (nSPS) is 11.9. The van der Waals surface area contributed by atoms with E-state index in [1.165, 1.54) is 36.0 Å². The maximum atomic E-state index is 6.08. The number of ether oxygens (including phenoxy) is 1. The Labute approximate surface area is 179 Å². The molecule has 152 valence electrons. The summed E-state index contributed by atoms with van der Waals surface area (Å²) < 4.78 is 5.21. The van der Waals surface area contributed by atoms with Gasteiger partial charge in [0.2, 0.25) is 0 Å². The third-order valence-electron chi connectivity index (χ3n) is 5.30. The number of rotatable bonds is 11. The lowest BCUT2D eigenvalue weighted by atomic mass is 9.91. The van der Waals surface area contributed by atoms with E-state index in [-0.39, 0.29) is 0 Å². The third-order valence-corrected chi connectivity index (χ3v) is 5.55. The average Bonchev–Trinajstić information content (AvgIpc) is 2.77. The highest BCUT2D eigenvalue weighted by molar-refractivity contribution is 6.30. The van der Waals surface area contributed by atoms with Crippen molar-refractivity contribution >= 4 is 11.6 Å². The SMILES string of the molecule is COc1ccc(CCCCCNCC(c2ccccc2)c2ccc(Cl)cc2)cc1. The van der Waals surface area contributed by atoms with Gasteiger partial charge >= 0.3 is 0 Å². The Hall–Kier alpha value is -2.29. The highest BCUT2D eigenvalue weighted by atomic mass is 35.5. The quantitative estimate of drug-likeness (QED) is 0.367. The largest absolute Gasteiger partial charge is 0.497 e. The zero-order valence-electron chi connectivity index (χ0n) is 17.1. The molecule has 0 fully saturated rings. The van der Waals surface area contributed by atoms with Crippen molar-refractivity contribution in [3.05, 3.63) is 101 Å². The first-order valence-electron chi connectivity index (χ1n) is 10.4. The zero-order valence-corrected chi connectivity index (χ0v) is 17.9. The van der Waals surface area contributed by atoms with Gasteiger partial charge in [-0.2, -0.15) is 0 Å². The maximum Gasteiger partial charge on any atom is 0.118 e. The number of nitrogens with one attached hydrogen (secondary N) is 1. The summed E-state index contributed by atoms with van der Waals surface area (Å²) in [6, 6.07) is 27.3. The van der Waals surface area contributed by atoms with E-state index in [0.29, 0.717) is 5.92 Å². The Morgan fingerprint density at radius 2 is 1.48 bits per heavy atom. The molecule has 0 aliphatic rings. The van der Waals surface area contributed by atoms with Gasteiger partial charge in [-0.15, -0.1) is 0 Å². The minimum Gasteiger partial charge on any atom is -0.497 e. The van der Waals surface area contributed by atoms with Gasteiger partial charge in [0.1, 0.15) is 5.75 Å². The number of benzene rings is 3. The number of unbranched alkanes of at least 4 members (excludes halogenated alkanes) is 2. The molecule has 3 aromatic carbocycles. The molecule has 0 saturated heterocycles. The van der Waals surface area contributed by atoms with E-state index in [0.717, 1.165) is 30.3 Å². The van der Waals surface area contributed by atoms with Gasteiger partial charge in [-0.1, -0.05) is 72.6 Å². The summed E-state index contributed by atoms with van der Waals surface area (Å²) in [5.41, 5.74) is 4.01.